The molecule has 0 aromatic carbocycles. The summed E-state index contributed by atoms with van der Waals surface area (Å²) >= 11 is 0. The van der Waals surface area contributed by atoms with Crippen LogP contribution >= 0.6 is 0 Å². The third-order valence-corrected chi connectivity index (χ3v) is 2.21. The lowest BCUT2D eigenvalue weighted by atomic mass is 10.2. The minimum absolute atomic E-state index is 0.528. The standard InChI is InChI=1S/C9H17NO3/c1-2-3-4-7-10-9(5-6-9)13-8(11)12/h10H,2-7H2,1H3,(H,11,12). The van der Waals surface area contributed by atoms with Crippen molar-refractivity contribution in [1.29, 1.82) is 0 Å². The topological polar surface area (TPSA) is 58.6 Å². The summed E-state index contributed by atoms with van der Waals surface area (Å²) in [5, 5.41) is 11.6. The highest BCUT2D eigenvalue weighted by atomic mass is 16.7. The number of unbranched alkanes of at least 4 members (excludes halogenated alkanes) is 2. The summed E-state index contributed by atoms with van der Waals surface area (Å²) in [6.07, 6.45) is 3.88. The zero-order valence-corrected chi connectivity index (χ0v) is 8.01. The molecule has 4 nitrogen and oxygen atoms in total. The quantitative estimate of drug-likeness (QED) is 0.379. The van der Waals surface area contributed by atoms with Crippen molar-refractivity contribution in [2.24, 2.45) is 0 Å². The van der Waals surface area contributed by atoms with Gasteiger partial charge in [0.25, 0.3) is 0 Å². The van der Waals surface area contributed by atoms with E-state index in [0.29, 0.717) is 0 Å². The Morgan fingerprint density at radius 3 is 2.69 bits per heavy atom. The van der Waals surface area contributed by atoms with Crippen LogP contribution in [-0.4, -0.2) is 23.5 Å². The maximum atomic E-state index is 10.3. The van der Waals surface area contributed by atoms with Gasteiger partial charge in [0.05, 0.1) is 0 Å². The maximum Gasteiger partial charge on any atom is 0.507 e. The molecule has 1 rings (SSSR count). The molecule has 0 saturated heterocycles. The van der Waals surface area contributed by atoms with Crippen LogP contribution in [0.4, 0.5) is 4.79 Å². The smallest absolute Gasteiger partial charge is 0.450 e. The maximum absolute atomic E-state index is 10.3. The summed E-state index contributed by atoms with van der Waals surface area (Å²) in [4.78, 5) is 10.3. The fourth-order valence-electron chi connectivity index (χ4n) is 1.29. The minimum Gasteiger partial charge on any atom is -0.450 e. The first-order valence-corrected chi connectivity index (χ1v) is 4.85. The number of rotatable bonds is 6. The van der Waals surface area contributed by atoms with Gasteiger partial charge in [-0.15, -0.1) is 0 Å². The third kappa shape index (κ3) is 3.63. The molecule has 4 heteroatoms. The molecule has 0 aliphatic heterocycles. The second kappa shape index (κ2) is 4.46. The van der Waals surface area contributed by atoms with Gasteiger partial charge in [0.1, 0.15) is 0 Å². The molecule has 1 saturated carbocycles. The average molecular weight is 187 g/mol. The van der Waals surface area contributed by atoms with Crippen molar-refractivity contribution >= 4 is 6.16 Å². The summed E-state index contributed by atoms with van der Waals surface area (Å²) in [6, 6.07) is 0. The zero-order chi connectivity index (χ0) is 9.73. The van der Waals surface area contributed by atoms with Crippen LogP contribution in [0.15, 0.2) is 0 Å². The van der Waals surface area contributed by atoms with Crippen LogP contribution in [0.1, 0.15) is 39.0 Å². The van der Waals surface area contributed by atoms with E-state index in [4.69, 9.17) is 9.84 Å². The van der Waals surface area contributed by atoms with Crippen molar-refractivity contribution in [1.82, 2.24) is 5.32 Å². The summed E-state index contributed by atoms with van der Waals surface area (Å²) < 4.78 is 4.73. The van der Waals surface area contributed by atoms with Gasteiger partial charge in [-0.1, -0.05) is 19.8 Å². The molecule has 0 aromatic heterocycles. The summed E-state index contributed by atoms with van der Waals surface area (Å²) in [6.45, 7) is 2.99. The largest absolute Gasteiger partial charge is 0.507 e. The Morgan fingerprint density at radius 2 is 2.23 bits per heavy atom. The van der Waals surface area contributed by atoms with Crippen LogP contribution in [-0.2, 0) is 4.74 Å². The molecule has 2 N–H and O–H groups in total. The van der Waals surface area contributed by atoms with Gasteiger partial charge in [-0.2, -0.15) is 0 Å². The molecule has 13 heavy (non-hydrogen) atoms. The Kier molecular flexibility index (Phi) is 3.54. The molecule has 0 aromatic rings. The Hall–Kier alpha value is -0.770. The van der Waals surface area contributed by atoms with Crippen LogP contribution < -0.4 is 5.32 Å². The van der Waals surface area contributed by atoms with Gasteiger partial charge in [-0.3, -0.25) is 5.32 Å². The van der Waals surface area contributed by atoms with E-state index in [2.05, 4.69) is 12.2 Å². The molecule has 0 bridgehead atoms. The molecule has 0 atom stereocenters. The normalized spacial score (nSPS) is 18.2. The van der Waals surface area contributed by atoms with Crippen molar-refractivity contribution in [3.63, 3.8) is 0 Å². The van der Waals surface area contributed by atoms with Gasteiger partial charge in [0.15, 0.2) is 5.72 Å². The number of nitrogens with one attached hydrogen (secondary N) is 1. The van der Waals surface area contributed by atoms with Crippen LogP contribution in [0.2, 0.25) is 0 Å². The van der Waals surface area contributed by atoms with E-state index in [0.717, 1.165) is 25.8 Å². The lowest BCUT2D eigenvalue weighted by Crippen LogP contribution is -2.36. The van der Waals surface area contributed by atoms with Crippen LogP contribution in [0, 0.1) is 0 Å². The molecule has 0 spiro atoms. The first-order chi connectivity index (χ1) is 6.18. The summed E-state index contributed by atoms with van der Waals surface area (Å²) in [5.74, 6) is 0. The highest BCUT2D eigenvalue weighted by Crippen LogP contribution is 2.36. The first kappa shape index (κ1) is 10.3. The van der Waals surface area contributed by atoms with Crippen molar-refractivity contribution in [3.05, 3.63) is 0 Å². The Labute approximate surface area is 78.3 Å². The third-order valence-electron chi connectivity index (χ3n) is 2.21. The van der Waals surface area contributed by atoms with Gasteiger partial charge in [0, 0.05) is 12.8 Å². The van der Waals surface area contributed by atoms with E-state index in [1.54, 1.807) is 0 Å². The molecular formula is C9H17NO3. The van der Waals surface area contributed by atoms with Crippen LogP contribution in [0.5, 0.6) is 0 Å². The molecule has 1 aliphatic rings. The molecule has 0 unspecified atom stereocenters. The van der Waals surface area contributed by atoms with Gasteiger partial charge < -0.3 is 9.84 Å². The number of carbonyl (C=O) groups is 1. The summed E-state index contributed by atoms with van der Waals surface area (Å²) in [7, 11) is 0. The Bertz CT molecular complexity index is 178. The van der Waals surface area contributed by atoms with E-state index in [-0.39, 0.29) is 0 Å². The van der Waals surface area contributed by atoms with E-state index in [1.807, 2.05) is 0 Å². The SMILES string of the molecule is CCCCCNC1(OC(=O)O)CC1. The molecule has 1 fully saturated rings. The number of hydrogen-bond donors (Lipinski definition) is 2. The van der Waals surface area contributed by atoms with E-state index in [1.165, 1.54) is 12.8 Å². The molecule has 1 aliphatic carbocycles. The average Bonchev–Trinajstić information content (AvgIpc) is 2.78. The second-order valence-corrected chi connectivity index (χ2v) is 3.50. The van der Waals surface area contributed by atoms with Crippen molar-refractivity contribution in [2.45, 2.75) is 44.8 Å². The van der Waals surface area contributed by atoms with Crippen molar-refractivity contribution < 1.29 is 14.6 Å². The fourth-order valence-corrected chi connectivity index (χ4v) is 1.29. The van der Waals surface area contributed by atoms with Gasteiger partial charge >= 0.3 is 6.16 Å². The zero-order valence-electron chi connectivity index (χ0n) is 8.01. The highest BCUT2D eigenvalue weighted by molar-refractivity contribution is 5.58. The predicted octanol–water partition coefficient (Wildman–Crippen LogP) is 1.95. The van der Waals surface area contributed by atoms with Crippen molar-refractivity contribution in [2.75, 3.05) is 6.54 Å². The monoisotopic (exact) mass is 187 g/mol. The lowest BCUT2D eigenvalue weighted by Gasteiger charge is -2.15. The fraction of sp³-hybridized carbons (Fsp3) is 0.889. The molecule has 76 valence electrons. The number of hydrogen-bond acceptors (Lipinski definition) is 3. The van der Waals surface area contributed by atoms with Crippen LogP contribution in [0.3, 0.4) is 0 Å². The minimum atomic E-state index is -1.18. The van der Waals surface area contributed by atoms with E-state index in [9.17, 15) is 4.79 Å². The van der Waals surface area contributed by atoms with E-state index < -0.39 is 11.9 Å². The number of ether oxygens (including phenoxy) is 1. The summed E-state index contributed by atoms with van der Waals surface area (Å²) in [5.41, 5.74) is -0.528. The first-order valence-electron chi connectivity index (χ1n) is 4.85. The highest BCUT2D eigenvalue weighted by Gasteiger charge is 2.46. The second-order valence-electron chi connectivity index (χ2n) is 3.50. The molecular weight excluding hydrogens is 170 g/mol. The van der Waals surface area contributed by atoms with E-state index >= 15 is 0 Å². The molecule has 0 amide bonds. The Balaban J connectivity index is 2.09. The van der Waals surface area contributed by atoms with Crippen LogP contribution in [0.25, 0.3) is 0 Å². The predicted molar refractivity (Wildman–Crippen MR) is 48.6 cm³/mol. The Morgan fingerprint density at radius 1 is 1.54 bits per heavy atom. The van der Waals surface area contributed by atoms with Gasteiger partial charge in [-0.25, -0.2) is 4.79 Å². The van der Waals surface area contributed by atoms with Crippen molar-refractivity contribution in [3.8, 4) is 0 Å². The van der Waals surface area contributed by atoms with Gasteiger partial charge in [-0.05, 0) is 13.0 Å². The van der Waals surface area contributed by atoms with Gasteiger partial charge in [0.2, 0.25) is 0 Å². The lowest BCUT2D eigenvalue weighted by molar-refractivity contribution is 0.0222. The molecule has 0 heterocycles. The number of carboxylic acid groups (broad SMARTS) is 1. The molecule has 0 radical (unpaired) electrons.